The summed E-state index contributed by atoms with van der Waals surface area (Å²) in [6, 6.07) is -1.00. The lowest BCUT2D eigenvalue weighted by molar-refractivity contribution is -0.143. The number of rotatable bonds is 2. The molecule has 182 valence electrons. The van der Waals surface area contributed by atoms with Gasteiger partial charge in [0.25, 0.3) is 0 Å². The number of aromatic nitrogens is 1. The number of amides is 1. The van der Waals surface area contributed by atoms with E-state index in [-0.39, 0.29) is 16.8 Å². The molecule has 0 bridgehead atoms. The summed E-state index contributed by atoms with van der Waals surface area (Å²) in [6.07, 6.45) is -14.8. The summed E-state index contributed by atoms with van der Waals surface area (Å²) < 4.78 is 124. The summed E-state index contributed by atoms with van der Waals surface area (Å²) in [7, 11) is 0. The van der Waals surface area contributed by atoms with E-state index in [1.54, 1.807) is 0 Å². The Bertz CT molecular complexity index is 1140. The first-order chi connectivity index (χ1) is 15.6. The number of benzene rings is 1. The largest absolute Gasteiger partial charge is 0.439 e. The van der Waals surface area contributed by atoms with E-state index < -0.39 is 65.1 Å². The summed E-state index contributed by atoms with van der Waals surface area (Å²) in [5.41, 5.74) is -5.19. The van der Waals surface area contributed by atoms with Gasteiger partial charge in [-0.15, -0.1) is 0 Å². The predicted octanol–water partition coefficient (Wildman–Crippen LogP) is 6.96. The lowest BCUT2D eigenvalue weighted by Gasteiger charge is -2.24. The Morgan fingerprint density at radius 1 is 0.824 bits per heavy atom. The van der Waals surface area contributed by atoms with Crippen LogP contribution < -0.4 is 0 Å². The topological polar surface area (TPSA) is 42.4 Å². The Hall–Kier alpha value is -2.96. The highest BCUT2D eigenvalue weighted by molar-refractivity contribution is 6.30. The molecule has 2 aliphatic heterocycles. The average molecular weight is 517 g/mol. The number of halogens is 10. The minimum atomic E-state index is -5.12. The maximum absolute atomic E-state index is 13.2. The van der Waals surface area contributed by atoms with Crippen molar-refractivity contribution in [3.63, 3.8) is 0 Å². The number of cyclic esters (lactones) is 1. The molecule has 0 radical (unpaired) electrons. The summed E-state index contributed by atoms with van der Waals surface area (Å²) in [5.74, 6) is 0. The van der Waals surface area contributed by atoms with Crippen LogP contribution in [0.4, 0.5) is 44.3 Å². The minimum Gasteiger partial charge on any atom is -0.439 e. The SMILES string of the molecule is O=C1O[C@H](c2cc(C(F)(F)F)cc(C(F)(F)F)c2)[C@@H]2C=C[C@@H](c3cc(C(F)(F)F)cnc3Cl)N12. The molecule has 3 atom stereocenters. The third-order valence-electron chi connectivity index (χ3n) is 5.31. The summed E-state index contributed by atoms with van der Waals surface area (Å²) >= 11 is 5.92. The van der Waals surface area contributed by atoms with E-state index in [0.717, 1.165) is 4.90 Å². The summed E-state index contributed by atoms with van der Waals surface area (Å²) in [5, 5.41) is -0.377. The molecule has 1 amide bonds. The number of nitrogens with zero attached hydrogens (tertiary/aromatic N) is 2. The van der Waals surface area contributed by atoms with Crippen LogP contribution in [-0.4, -0.2) is 22.0 Å². The van der Waals surface area contributed by atoms with Crippen molar-refractivity contribution in [1.82, 2.24) is 9.88 Å². The van der Waals surface area contributed by atoms with Crippen LogP contribution in [0.15, 0.2) is 42.6 Å². The smallest absolute Gasteiger partial charge is 0.417 e. The standard InChI is InChI=1S/C20H10ClF9N2O2/c21-16-12(6-11(7-31-16)20(28,29)30)13-1-2-14-15(34-17(33)32(13)14)8-3-9(18(22,23)24)5-10(4-8)19(25,26)27/h1-7,13-15H/t13-,14-,15+/m0/s1. The molecule has 2 aromatic rings. The molecular formula is C20H10ClF9N2O2. The third kappa shape index (κ3) is 4.28. The first kappa shape index (κ1) is 24.2. The van der Waals surface area contributed by atoms with E-state index in [0.29, 0.717) is 24.4 Å². The molecular weight excluding hydrogens is 507 g/mol. The fourth-order valence-corrected chi connectivity index (χ4v) is 4.02. The van der Waals surface area contributed by atoms with E-state index in [4.69, 9.17) is 16.3 Å². The highest BCUT2D eigenvalue weighted by atomic mass is 35.5. The predicted molar refractivity (Wildman–Crippen MR) is 97.4 cm³/mol. The number of hydrogen-bond donors (Lipinski definition) is 0. The van der Waals surface area contributed by atoms with E-state index in [9.17, 15) is 44.3 Å². The van der Waals surface area contributed by atoms with Gasteiger partial charge in [0.2, 0.25) is 0 Å². The van der Waals surface area contributed by atoms with Gasteiger partial charge in [-0.3, -0.25) is 4.90 Å². The minimum absolute atomic E-state index is 0.0700. The normalized spacial score (nSPS) is 22.8. The molecule has 0 aliphatic carbocycles. The van der Waals surface area contributed by atoms with Gasteiger partial charge in [-0.1, -0.05) is 23.8 Å². The second kappa shape index (κ2) is 7.79. The summed E-state index contributed by atoms with van der Waals surface area (Å²) in [6.45, 7) is 0. The van der Waals surface area contributed by atoms with Gasteiger partial charge in [-0.25, -0.2) is 9.78 Å². The van der Waals surface area contributed by atoms with Crippen molar-refractivity contribution in [1.29, 1.82) is 0 Å². The quantitative estimate of drug-likeness (QED) is 0.246. The van der Waals surface area contributed by atoms with Crippen LogP contribution in [0.5, 0.6) is 0 Å². The van der Waals surface area contributed by atoms with E-state index >= 15 is 0 Å². The molecule has 14 heteroatoms. The molecule has 1 aromatic carbocycles. The zero-order valence-electron chi connectivity index (χ0n) is 16.3. The van der Waals surface area contributed by atoms with Crippen LogP contribution in [0.2, 0.25) is 5.15 Å². The van der Waals surface area contributed by atoms with Crippen molar-refractivity contribution < 1.29 is 49.0 Å². The van der Waals surface area contributed by atoms with Crippen LogP contribution >= 0.6 is 11.6 Å². The monoisotopic (exact) mass is 516 g/mol. The summed E-state index contributed by atoms with van der Waals surface area (Å²) in [4.78, 5) is 16.9. The molecule has 1 fully saturated rings. The number of carbonyl (C=O) groups excluding carboxylic acids is 1. The highest BCUT2D eigenvalue weighted by Gasteiger charge is 2.49. The van der Waals surface area contributed by atoms with Crippen LogP contribution in [0, 0.1) is 0 Å². The van der Waals surface area contributed by atoms with Crippen molar-refractivity contribution in [2.75, 3.05) is 0 Å². The van der Waals surface area contributed by atoms with Gasteiger partial charge in [0.15, 0.2) is 6.10 Å². The molecule has 0 spiro atoms. The maximum Gasteiger partial charge on any atom is 0.417 e. The molecule has 34 heavy (non-hydrogen) atoms. The van der Waals surface area contributed by atoms with Gasteiger partial charge in [0, 0.05) is 11.8 Å². The number of pyridine rings is 1. The third-order valence-corrected chi connectivity index (χ3v) is 5.63. The Morgan fingerprint density at radius 2 is 1.38 bits per heavy atom. The fourth-order valence-electron chi connectivity index (χ4n) is 3.80. The van der Waals surface area contributed by atoms with Gasteiger partial charge in [-0.2, -0.15) is 39.5 Å². The van der Waals surface area contributed by atoms with Gasteiger partial charge >= 0.3 is 24.6 Å². The van der Waals surface area contributed by atoms with Crippen LogP contribution in [-0.2, 0) is 23.3 Å². The average Bonchev–Trinajstić information content (AvgIpc) is 3.27. The van der Waals surface area contributed by atoms with Gasteiger partial charge in [0.1, 0.15) is 5.15 Å². The van der Waals surface area contributed by atoms with Gasteiger partial charge in [-0.05, 0) is 29.8 Å². The molecule has 0 N–H and O–H groups in total. The van der Waals surface area contributed by atoms with Crippen LogP contribution in [0.25, 0.3) is 0 Å². The maximum atomic E-state index is 13.2. The van der Waals surface area contributed by atoms with E-state index in [1.165, 1.54) is 12.2 Å². The van der Waals surface area contributed by atoms with Crippen molar-refractivity contribution >= 4 is 17.7 Å². The van der Waals surface area contributed by atoms with E-state index in [2.05, 4.69) is 4.98 Å². The first-order valence-electron chi connectivity index (χ1n) is 9.26. The fraction of sp³-hybridized carbons (Fsp3) is 0.300. The zero-order valence-corrected chi connectivity index (χ0v) is 17.0. The number of carbonyl (C=O) groups is 1. The van der Waals surface area contributed by atoms with E-state index in [1.807, 2.05) is 0 Å². The Kier molecular flexibility index (Phi) is 5.54. The van der Waals surface area contributed by atoms with Crippen molar-refractivity contribution in [3.8, 4) is 0 Å². The second-order valence-electron chi connectivity index (χ2n) is 7.47. The lowest BCUT2D eigenvalue weighted by atomic mass is 9.97. The molecule has 3 heterocycles. The number of fused-ring (bicyclic) bond motifs is 1. The first-order valence-corrected chi connectivity index (χ1v) is 9.64. The zero-order chi connectivity index (χ0) is 25.2. The van der Waals surface area contributed by atoms with Crippen LogP contribution in [0.3, 0.4) is 0 Å². The van der Waals surface area contributed by atoms with Gasteiger partial charge < -0.3 is 4.74 Å². The number of alkyl halides is 9. The molecule has 4 rings (SSSR count). The van der Waals surface area contributed by atoms with Crippen molar-refractivity contribution in [2.45, 2.75) is 36.7 Å². The molecule has 2 aliphatic rings. The number of ether oxygens (including phenoxy) is 1. The highest BCUT2D eigenvalue weighted by Crippen LogP contribution is 2.47. The lowest BCUT2D eigenvalue weighted by Crippen LogP contribution is -2.32. The molecule has 4 nitrogen and oxygen atoms in total. The van der Waals surface area contributed by atoms with Gasteiger partial charge in [0.05, 0.1) is 28.8 Å². The van der Waals surface area contributed by atoms with Crippen LogP contribution in [0.1, 0.15) is 40.0 Å². The molecule has 0 saturated carbocycles. The number of hydrogen-bond acceptors (Lipinski definition) is 3. The molecule has 0 unspecified atom stereocenters. The second-order valence-corrected chi connectivity index (χ2v) is 7.83. The Morgan fingerprint density at radius 3 is 1.91 bits per heavy atom. The van der Waals surface area contributed by atoms with Crippen molar-refractivity contribution in [2.24, 2.45) is 0 Å². The molecule has 1 saturated heterocycles. The Balaban J connectivity index is 1.74. The van der Waals surface area contributed by atoms with Crippen molar-refractivity contribution in [3.05, 3.63) is 75.6 Å². The molecule has 1 aromatic heterocycles. The Labute approximate surface area is 189 Å².